The van der Waals surface area contributed by atoms with Crippen molar-refractivity contribution in [3.63, 3.8) is 0 Å². The molecule has 162 valence electrons. The minimum absolute atomic E-state index is 0.128. The molecule has 1 aromatic heterocycles. The number of carbonyl (C=O) groups excluding carboxylic acids is 1. The molecule has 1 amide bonds. The summed E-state index contributed by atoms with van der Waals surface area (Å²) in [7, 11) is 0. The van der Waals surface area contributed by atoms with E-state index in [9.17, 15) is 9.18 Å². The fourth-order valence-electron chi connectivity index (χ4n) is 3.35. The van der Waals surface area contributed by atoms with Gasteiger partial charge in [-0.2, -0.15) is 0 Å². The number of carbonyl (C=O) groups is 1. The molecule has 1 N–H and O–H groups in total. The topological polar surface area (TPSA) is 72.3 Å². The molecule has 31 heavy (non-hydrogen) atoms. The Morgan fingerprint density at radius 1 is 1.13 bits per heavy atom. The number of morpholine rings is 1. The summed E-state index contributed by atoms with van der Waals surface area (Å²) >= 11 is 1.30. The van der Waals surface area contributed by atoms with Crippen LogP contribution < -0.4 is 10.2 Å². The van der Waals surface area contributed by atoms with Crippen molar-refractivity contribution in [2.75, 3.05) is 42.3 Å². The number of hydrogen-bond acceptors (Lipinski definition) is 6. The van der Waals surface area contributed by atoms with Crippen LogP contribution >= 0.6 is 11.8 Å². The minimum atomic E-state index is -0.347. The summed E-state index contributed by atoms with van der Waals surface area (Å²) in [6.45, 7) is 6.45. The van der Waals surface area contributed by atoms with Gasteiger partial charge in [-0.25, -0.2) is 4.39 Å². The Morgan fingerprint density at radius 2 is 1.90 bits per heavy atom. The summed E-state index contributed by atoms with van der Waals surface area (Å²) in [6, 6.07) is 12.7. The molecule has 9 heteroatoms. The zero-order chi connectivity index (χ0) is 21.8. The Morgan fingerprint density at radius 3 is 2.65 bits per heavy atom. The molecule has 1 saturated heterocycles. The van der Waals surface area contributed by atoms with Gasteiger partial charge >= 0.3 is 0 Å². The van der Waals surface area contributed by atoms with E-state index in [0.717, 1.165) is 30.3 Å². The van der Waals surface area contributed by atoms with Gasteiger partial charge in [0.1, 0.15) is 5.82 Å². The number of hydrogen-bond donors (Lipinski definition) is 1. The largest absolute Gasteiger partial charge is 0.378 e. The van der Waals surface area contributed by atoms with Gasteiger partial charge in [0.05, 0.1) is 24.7 Å². The van der Waals surface area contributed by atoms with Crippen LogP contribution in [-0.2, 0) is 9.53 Å². The lowest BCUT2D eigenvalue weighted by Crippen LogP contribution is -2.38. The number of ether oxygens (including phenoxy) is 1. The zero-order valence-electron chi connectivity index (χ0n) is 17.5. The summed E-state index contributed by atoms with van der Waals surface area (Å²) in [5, 5.41) is 12.2. The molecule has 0 aliphatic carbocycles. The van der Waals surface area contributed by atoms with Crippen LogP contribution in [0.2, 0.25) is 0 Å². The van der Waals surface area contributed by atoms with E-state index in [1.807, 2.05) is 35.8 Å². The second-order valence-corrected chi connectivity index (χ2v) is 8.25. The molecule has 4 rings (SSSR count). The van der Waals surface area contributed by atoms with Crippen molar-refractivity contribution in [2.24, 2.45) is 0 Å². The highest BCUT2D eigenvalue weighted by atomic mass is 32.2. The van der Waals surface area contributed by atoms with Crippen LogP contribution in [0.25, 0.3) is 5.69 Å². The van der Waals surface area contributed by atoms with Crippen LogP contribution in [0.5, 0.6) is 0 Å². The lowest BCUT2D eigenvalue weighted by Gasteiger charge is -2.28. The second-order valence-electron chi connectivity index (χ2n) is 7.30. The molecule has 0 bridgehead atoms. The molecule has 0 saturated carbocycles. The van der Waals surface area contributed by atoms with Crippen LogP contribution in [0.15, 0.2) is 47.6 Å². The SMILES string of the molecule is Cc1ccc(NC(=O)CSc2nnc(N3CCOCC3)n2-c2ccccc2C)cc1F. The maximum atomic E-state index is 13.7. The Labute approximate surface area is 184 Å². The van der Waals surface area contributed by atoms with Crippen molar-refractivity contribution in [2.45, 2.75) is 19.0 Å². The Bertz CT molecular complexity index is 1080. The van der Waals surface area contributed by atoms with Crippen LogP contribution in [0.4, 0.5) is 16.0 Å². The predicted molar refractivity (Wildman–Crippen MR) is 120 cm³/mol. The van der Waals surface area contributed by atoms with Gasteiger partial charge in [0, 0.05) is 18.8 Å². The van der Waals surface area contributed by atoms with Gasteiger partial charge in [-0.1, -0.05) is 36.0 Å². The van der Waals surface area contributed by atoms with Gasteiger partial charge in [0.25, 0.3) is 0 Å². The molecule has 0 spiro atoms. The fourth-order valence-corrected chi connectivity index (χ4v) is 4.09. The first-order chi connectivity index (χ1) is 15.0. The number of aryl methyl sites for hydroxylation is 2. The number of anilines is 2. The van der Waals surface area contributed by atoms with Crippen LogP contribution in [0.1, 0.15) is 11.1 Å². The van der Waals surface area contributed by atoms with Crippen molar-refractivity contribution < 1.29 is 13.9 Å². The Kier molecular flexibility index (Phi) is 6.53. The zero-order valence-corrected chi connectivity index (χ0v) is 18.3. The molecule has 2 heterocycles. The molecule has 1 aliphatic heterocycles. The number of benzene rings is 2. The number of nitrogens with zero attached hydrogens (tertiary/aromatic N) is 4. The third-order valence-electron chi connectivity index (χ3n) is 5.05. The molecule has 2 aromatic carbocycles. The lowest BCUT2D eigenvalue weighted by molar-refractivity contribution is -0.113. The van der Waals surface area contributed by atoms with E-state index >= 15 is 0 Å². The van der Waals surface area contributed by atoms with E-state index in [1.54, 1.807) is 19.1 Å². The highest BCUT2D eigenvalue weighted by Gasteiger charge is 2.23. The molecule has 1 aliphatic rings. The average Bonchev–Trinajstić information content (AvgIpc) is 3.19. The van der Waals surface area contributed by atoms with E-state index in [0.29, 0.717) is 29.6 Å². The van der Waals surface area contributed by atoms with Gasteiger partial charge in [-0.3, -0.25) is 9.36 Å². The van der Waals surface area contributed by atoms with Crippen molar-refractivity contribution in [1.29, 1.82) is 0 Å². The third-order valence-corrected chi connectivity index (χ3v) is 5.98. The van der Waals surface area contributed by atoms with E-state index in [2.05, 4.69) is 20.4 Å². The number of rotatable bonds is 6. The summed E-state index contributed by atoms with van der Waals surface area (Å²) in [4.78, 5) is 14.6. The highest BCUT2D eigenvalue weighted by molar-refractivity contribution is 7.99. The molecular formula is C22H24FN5O2S. The number of para-hydroxylation sites is 1. The summed E-state index contributed by atoms with van der Waals surface area (Å²) in [6.07, 6.45) is 0. The first-order valence-electron chi connectivity index (χ1n) is 10.1. The lowest BCUT2D eigenvalue weighted by atomic mass is 10.2. The summed E-state index contributed by atoms with van der Waals surface area (Å²) < 4.78 is 21.2. The number of nitrogens with one attached hydrogen (secondary N) is 1. The minimum Gasteiger partial charge on any atom is -0.378 e. The van der Waals surface area contributed by atoms with Gasteiger partial charge in [-0.15, -0.1) is 10.2 Å². The van der Waals surface area contributed by atoms with Gasteiger partial charge in [0.15, 0.2) is 5.16 Å². The molecule has 0 radical (unpaired) electrons. The van der Waals surface area contributed by atoms with Crippen molar-refractivity contribution in [3.05, 3.63) is 59.4 Å². The molecular weight excluding hydrogens is 417 g/mol. The summed E-state index contributed by atoms with van der Waals surface area (Å²) in [5.74, 6) is 0.282. The summed E-state index contributed by atoms with van der Waals surface area (Å²) in [5.41, 5.74) is 3.02. The molecule has 0 unspecified atom stereocenters. The Hall–Kier alpha value is -2.91. The molecule has 1 fully saturated rings. The molecule has 0 atom stereocenters. The van der Waals surface area contributed by atoms with E-state index in [-0.39, 0.29) is 17.5 Å². The quantitative estimate of drug-likeness (QED) is 0.590. The maximum Gasteiger partial charge on any atom is 0.234 e. The molecule has 7 nitrogen and oxygen atoms in total. The third kappa shape index (κ3) is 4.88. The smallest absolute Gasteiger partial charge is 0.234 e. The number of aromatic nitrogens is 3. The number of thioether (sulfide) groups is 1. The highest BCUT2D eigenvalue weighted by Crippen LogP contribution is 2.29. The number of amides is 1. The van der Waals surface area contributed by atoms with Crippen molar-refractivity contribution in [3.8, 4) is 5.69 Å². The van der Waals surface area contributed by atoms with E-state index < -0.39 is 0 Å². The normalized spacial score (nSPS) is 14.0. The first-order valence-corrected chi connectivity index (χ1v) is 11.0. The fraction of sp³-hybridized carbons (Fsp3) is 0.318. The van der Waals surface area contributed by atoms with E-state index in [4.69, 9.17) is 4.74 Å². The van der Waals surface area contributed by atoms with Crippen LogP contribution in [0.3, 0.4) is 0 Å². The maximum absolute atomic E-state index is 13.7. The second kappa shape index (κ2) is 9.49. The Balaban J connectivity index is 1.55. The van der Waals surface area contributed by atoms with Gasteiger partial charge < -0.3 is 15.0 Å². The van der Waals surface area contributed by atoms with E-state index in [1.165, 1.54) is 17.8 Å². The number of halogens is 1. The van der Waals surface area contributed by atoms with Crippen LogP contribution in [0, 0.1) is 19.7 Å². The molecule has 3 aromatic rings. The van der Waals surface area contributed by atoms with Crippen LogP contribution in [-0.4, -0.2) is 52.7 Å². The van der Waals surface area contributed by atoms with Crippen molar-refractivity contribution >= 4 is 29.3 Å². The standard InChI is InChI=1S/C22H24FN5O2S/c1-15-7-8-17(13-18(15)23)24-20(29)14-31-22-26-25-21(27-9-11-30-12-10-27)28(22)19-6-4-3-5-16(19)2/h3-8,13H,9-12,14H2,1-2H3,(H,24,29). The predicted octanol–water partition coefficient (Wildman–Crippen LogP) is 3.59. The van der Waals surface area contributed by atoms with Crippen molar-refractivity contribution in [1.82, 2.24) is 14.8 Å². The first kappa shape index (κ1) is 21.3. The monoisotopic (exact) mass is 441 g/mol. The average molecular weight is 442 g/mol. The van der Waals surface area contributed by atoms with Gasteiger partial charge in [0.2, 0.25) is 11.9 Å². The van der Waals surface area contributed by atoms with Gasteiger partial charge in [-0.05, 0) is 43.2 Å².